The lowest BCUT2D eigenvalue weighted by Gasteiger charge is -2.16. The lowest BCUT2D eigenvalue weighted by atomic mass is 10.2. The fraction of sp³-hybridized carbons (Fsp3) is 0.429. The van der Waals surface area contributed by atoms with Crippen molar-refractivity contribution in [2.75, 3.05) is 20.8 Å². The molecule has 0 saturated carbocycles. The predicted molar refractivity (Wildman–Crippen MR) is 70.3 cm³/mol. The molecule has 1 aromatic carbocycles. The maximum atomic E-state index is 11.9. The Labute approximate surface area is 117 Å². The average molecular weight is 279 g/mol. The lowest BCUT2D eigenvalue weighted by Crippen LogP contribution is -2.26. The first-order valence-electron chi connectivity index (χ1n) is 6.27. The van der Waals surface area contributed by atoms with E-state index >= 15 is 0 Å². The van der Waals surface area contributed by atoms with E-state index < -0.39 is 12.3 Å². The second kappa shape index (κ2) is 6.27. The Morgan fingerprint density at radius 1 is 1.30 bits per heavy atom. The SMILES string of the molecule is COC(=O)OC1CC(=O)N(Cc2ccc(OC)cc2)C1. The second-order valence-corrected chi connectivity index (χ2v) is 4.52. The number of methoxy groups -OCH3 is 2. The minimum atomic E-state index is -0.755. The van der Waals surface area contributed by atoms with E-state index in [1.54, 1.807) is 12.0 Å². The van der Waals surface area contributed by atoms with Crippen molar-refractivity contribution in [1.82, 2.24) is 4.90 Å². The van der Waals surface area contributed by atoms with Crippen LogP contribution in [0.5, 0.6) is 5.75 Å². The van der Waals surface area contributed by atoms with Gasteiger partial charge in [0.2, 0.25) is 5.91 Å². The smallest absolute Gasteiger partial charge is 0.497 e. The van der Waals surface area contributed by atoms with Crippen LogP contribution in [0.4, 0.5) is 4.79 Å². The van der Waals surface area contributed by atoms with Crippen LogP contribution in [0.15, 0.2) is 24.3 Å². The van der Waals surface area contributed by atoms with Crippen molar-refractivity contribution >= 4 is 12.1 Å². The molecule has 0 aromatic heterocycles. The first kappa shape index (κ1) is 14.2. The van der Waals surface area contributed by atoms with Crippen molar-refractivity contribution in [2.24, 2.45) is 0 Å². The highest BCUT2D eigenvalue weighted by Gasteiger charge is 2.32. The van der Waals surface area contributed by atoms with Gasteiger partial charge in [0.25, 0.3) is 0 Å². The number of hydrogen-bond donors (Lipinski definition) is 0. The van der Waals surface area contributed by atoms with Crippen molar-refractivity contribution in [3.8, 4) is 5.75 Å². The number of carbonyl (C=O) groups excluding carboxylic acids is 2. The Bertz CT molecular complexity index is 485. The summed E-state index contributed by atoms with van der Waals surface area (Å²) in [6.07, 6.45) is -0.993. The summed E-state index contributed by atoms with van der Waals surface area (Å²) >= 11 is 0. The molecule has 1 amide bonds. The Hall–Kier alpha value is -2.24. The Morgan fingerprint density at radius 3 is 2.60 bits per heavy atom. The zero-order valence-electron chi connectivity index (χ0n) is 11.5. The lowest BCUT2D eigenvalue weighted by molar-refractivity contribution is -0.128. The number of ether oxygens (including phenoxy) is 3. The van der Waals surface area contributed by atoms with Gasteiger partial charge in [-0.15, -0.1) is 0 Å². The first-order chi connectivity index (χ1) is 9.62. The number of rotatable bonds is 4. The number of carbonyl (C=O) groups is 2. The summed E-state index contributed by atoms with van der Waals surface area (Å²) in [5.74, 6) is 0.739. The van der Waals surface area contributed by atoms with E-state index in [0.717, 1.165) is 11.3 Å². The number of benzene rings is 1. The molecule has 6 heteroatoms. The van der Waals surface area contributed by atoms with Gasteiger partial charge in [0, 0.05) is 6.54 Å². The Balaban J connectivity index is 1.92. The third-order valence-corrected chi connectivity index (χ3v) is 3.14. The number of nitrogens with zero attached hydrogens (tertiary/aromatic N) is 1. The highest BCUT2D eigenvalue weighted by Crippen LogP contribution is 2.19. The van der Waals surface area contributed by atoms with E-state index in [4.69, 9.17) is 9.47 Å². The van der Waals surface area contributed by atoms with Crippen LogP contribution in [0.2, 0.25) is 0 Å². The van der Waals surface area contributed by atoms with E-state index in [1.807, 2.05) is 24.3 Å². The van der Waals surface area contributed by atoms with Gasteiger partial charge in [0.05, 0.1) is 27.2 Å². The van der Waals surface area contributed by atoms with Crippen LogP contribution in [-0.4, -0.2) is 43.8 Å². The molecule has 2 rings (SSSR count). The summed E-state index contributed by atoms with van der Waals surface area (Å²) in [4.78, 5) is 24.5. The molecule has 108 valence electrons. The van der Waals surface area contributed by atoms with Gasteiger partial charge in [-0.05, 0) is 17.7 Å². The molecule has 0 radical (unpaired) electrons. The van der Waals surface area contributed by atoms with E-state index in [9.17, 15) is 9.59 Å². The number of likely N-dealkylation sites (tertiary alicyclic amines) is 1. The van der Waals surface area contributed by atoms with Gasteiger partial charge in [0.15, 0.2) is 0 Å². The van der Waals surface area contributed by atoms with Crippen LogP contribution in [0.1, 0.15) is 12.0 Å². The first-order valence-corrected chi connectivity index (χ1v) is 6.27. The molecule has 0 spiro atoms. The van der Waals surface area contributed by atoms with Crippen molar-refractivity contribution in [3.05, 3.63) is 29.8 Å². The quantitative estimate of drug-likeness (QED) is 0.783. The second-order valence-electron chi connectivity index (χ2n) is 4.52. The molecule has 1 atom stereocenters. The molecule has 1 fully saturated rings. The highest BCUT2D eigenvalue weighted by molar-refractivity contribution is 5.79. The van der Waals surface area contributed by atoms with Gasteiger partial charge < -0.3 is 19.1 Å². The zero-order chi connectivity index (χ0) is 14.5. The molecule has 1 unspecified atom stereocenters. The van der Waals surface area contributed by atoms with Crippen molar-refractivity contribution in [1.29, 1.82) is 0 Å². The van der Waals surface area contributed by atoms with Crippen LogP contribution in [0.25, 0.3) is 0 Å². The third-order valence-electron chi connectivity index (χ3n) is 3.14. The molecule has 20 heavy (non-hydrogen) atoms. The maximum absolute atomic E-state index is 11.9. The van der Waals surface area contributed by atoms with E-state index in [0.29, 0.717) is 13.1 Å². The third kappa shape index (κ3) is 3.40. The summed E-state index contributed by atoms with van der Waals surface area (Å²) in [6, 6.07) is 7.50. The van der Waals surface area contributed by atoms with E-state index in [2.05, 4.69) is 4.74 Å². The monoisotopic (exact) mass is 279 g/mol. The summed E-state index contributed by atoms with van der Waals surface area (Å²) in [5.41, 5.74) is 0.998. The molecular weight excluding hydrogens is 262 g/mol. The van der Waals surface area contributed by atoms with Crippen LogP contribution in [0, 0.1) is 0 Å². The summed E-state index contributed by atoms with van der Waals surface area (Å²) in [6.45, 7) is 0.879. The van der Waals surface area contributed by atoms with Gasteiger partial charge in [-0.3, -0.25) is 4.79 Å². The molecule has 1 heterocycles. The molecule has 0 bridgehead atoms. The largest absolute Gasteiger partial charge is 0.508 e. The summed E-state index contributed by atoms with van der Waals surface area (Å²) in [7, 11) is 2.85. The normalized spacial score (nSPS) is 18.0. The molecular formula is C14H17NO5. The maximum Gasteiger partial charge on any atom is 0.508 e. The molecule has 0 N–H and O–H groups in total. The number of hydrogen-bond acceptors (Lipinski definition) is 5. The molecule has 0 aliphatic carbocycles. The topological polar surface area (TPSA) is 65.1 Å². The van der Waals surface area contributed by atoms with Gasteiger partial charge in [-0.25, -0.2) is 4.79 Å². The fourth-order valence-electron chi connectivity index (χ4n) is 2.10. The fourth-order valence-corrected chi connectivity index (χ4v) is 2.10. The summed E-state index contributed by atoms with van der Waals surface area (Å²) in [5, 5.41) is 0. The van der Waals surface area contributed by atoms with Crippen LogP contribution < -0.4 is 4.74 Å². The van der Waals surface area contributed by atoms with Gasteiger partial charge >= 0.3 is 6.16 Å². The molecule has 6 nitrogen and oxygen atoms in total. The minimum absolute atomic E-state index is 0.0327. The minimum Gasteiger partial charge on any atom is -0.497 e. The van der Waals surface area contributed by atoms with Crippen LogP contribution in [-0.2, 0) is 20.8 Å². The molecule has 1 aliphatic rings. The molecule has 1 aliphatic heterocycles. The Kier molecular flexibility index (Phi) is 4.45. The standard InChI is InChI=1S/C14H17NO5/c1-18-11-5-3-10(4-6-11)8-15-9-12(7-13(15)16)20-14(17)19-2/h3-6,12H,7-9H2,1-2H3. The molecule has 1 aromatic rings. The molecule has 1 saturated heterocycles. The van der Waals surface area contributed by atoms with Crippen molar-refractivity contribution in [2.45, 2.75) is 19.1 Å². The Morgan fingerprint density at radius 2 is 2.00 bits per heavy atom. The van der Waals surface area contributed by atoms with Gasteiger partial charge in [-0.2, -0.15) is 0 Å². The van der Waals surface area contributed by atoms with Crippen LogP contribution >= 0.6 is 0 Å². The van der Waals surface area contributed by atoms with Gasteiger partial charge in [-0.1, -0.05) is 12.1 Å². The zero-order valence-corrected chi connectivity index (χ0v) is 11.5. The summed E-state index contributed by atoms with van der Waals surface area (Å²) < 4.78 is 14.5. The highest BCUT2D eigenvalue weighted by atomic mass is 16.7. The van der Waals surface area contributed by atoms with Crippen LogP contribution in [0.3, 0.4) is 0 Å². The van der Waals surface area contributed by atoms with Crippen molar-refractivity contribution in [3.63, 3.8) is 0 Å². The average Bonchev–Trinajstić information content (AvgIpc) is 2.79. The van der Waals surface area contributed by atoms with E-state index in [-0.39, 0.29) is 12.3 Å². The predicted octanol–water partition coefficient (Wildman–Crippen LogP) is 1.58. The van der Waals surface area contributed by atoms with E-state index in [1.165, 1.54) is 7.11 Å². The van der Waals surface area contributed by atoms with Crippen molar-refractivity contribution < 1.29 is 23.8 Å². The number of amides is 1. The van der Waals surface area contributed by atoms with Gasteiger partial charge in [0.1, 0.15) is 11.9 Å².